The van der Waals surface area contributed by atoms with E-state index in [2.05, 4.69) is 4.98 Å². The maximum atomic E-state index is 13.8. The van der Waals surface area contributed by atoms with Gasteiger partial charge in [-0.15, -0.1) is 11.8 Å². The van der Waals surface area contributed by atoms with Crippen LogP contribution < -0.4 is 0 Å². The second kappa shape index (κ2) is 11.0. The standard InChI is InChI=1S/C25H21ClF3N3O4S/c1-24(7-5-4-6-21(24)36-3)32(2)23(35)16-9-15(18(26)10-19(16)37-13-22(33)34)17-12-31-20(25(27,28)29)8-14(17)11-30/h4-10,12,21H,13H2,1-3H3,(H,33,34). The molecule has 0 aliphatic heterocycles. The number of ether oxygens (including phenoxy) is 1. The number of alkyl halides is 3. The molecule has 194 valence electrons. The van der Waals surface area contributed by atoms with Crippen LogP contribution in [0.15, 0.2) is 53.6 Å². The summed E-state index contributed by atoms with van der Waals surface area (Å²) in [6.07, 6.45) is 2.74. The first kappa shape index (κ1) is 28.2. The molecular formula is C25H21ClF3N3O4S. The van der Waals surface area contributed by atoms with E-state index in [1.165, 1.54) is 24.1 Å². The Morgan fingerprint density at radius 3 is 2.59 bits per heavy atom. The number of aromatic nitrogens is 1. The average Bonchev–Trinajstić information content (AvgIpc) is 2.85. The van der Waals surface area contributed by atoms with Crippen LogP contribution in [-0.4, -0.2) is 58.4 Å². The Morgan fingerprint density at radius 1 is 1.30 bits per heavy atom. The number of pyridine rings is 1. The van der Waals surface area contributed by atoms with Gasteiger partial charge in [0.1, 0.15) is 11.8 Å². The molecule has 1 aromatic heterocycles. The van der Waals surface area contributed by atoms with Crippen molar-refractivity contribution in [1.29, 1.82) is 5.26 Å². The molecule has 12 heteroatoms. The molecule has 0 fully saturated rings. The van der Waals surface area contributed by atoms with Gasteiger partial charge in [0, 0.05) is 41.4 Å². The first-order valence-electron chi connectivity index (χ1n) is 10.7. The fourth-order valence-corrected chi connectivity index (χ4v) is 4.94. The van der Waals surface area contributed by atoms with Crippen molar-refractivity contribution in [1.82, 2.24) is 9.88 Å². The molecule has 0 saturated heterocycles. The number of aliphatic carboxylic acids is 1. The quantitative estimate of drug-likeness (QED) is 0.457. The molecule has 0 bridgehead atoms. The van der Waals surface area contributed by atoms with Crippen LogP contribution in [0.2, 0.25) is 5.02 Å². The van der Waals surface area contributed by atoms with Gasteiger partial charge < -0.3 is 14.7 Å². The number of nitriles is 1. The summed E-state index contributed by atoms with van der Waals surface area (Å²) in [4.78, 5) is 30.1. The Kier molecular flexibility index (Phi) is 8.37. The topological polar surface area (TPSA) is 104 Å². The highest BCUT2D eigenvalue weighted by atomic mass is 35.5. The van der Waals surface area contributed by atoms with E-state index in [0.717, 1.165) is 18.0 Å². The number of likely N-dealkylation sites (N-methyl/N-ethyl adjacent to an activating group) is 1. The van der Waals surface area contributed by atoms with Gasteiger partial charge in [-0.3, -0.25) is 14.6 Å². The van der Waals surface area contributed by atoms with Crippen molar-refractivity contribution in [2.24, 2.45) is 0 Å². The zero-order valence-corrected chi connectivity index (χ0v) is 21.4. The summed E-state index contributed by atoms with van der Waals surface area (Å²) in [6.45, 7) is 1.79. The number of carboxylic acid groups (broad SMARTS) is 1. The third-order valence-electron chi connectivity index (χ3n) is 5.94. The number of nitrogens with zero attached hydrogens (tertiary/aromatic N) is 3. The summed E-state index contributed by atoms with van der Waals surface area (Å²) < 4.78 is 44.9. The second-order valence-electron chi connectivity index (χ2n) is 8.23. The number of benzene rings is 1. The maximum Gasteiger partial charge on any atom is 0.433 e. The third-order valence-corrected chi connectivity index (χ3v) is 7.30. The first-order valence-corrected chi connectivity index (χ1v) is 12.0. The van der Waals surface area contributed by atoms with Crippen LogP contribution in [0.1, 0.15) is 28.5 Å². The molecule has 0 saturated carbocycles. The first-order chi connectivity index (χ1) is 17.3. The highest BCUT2D eigenvalue weighted by Crippen LogP contribution is 2.39. The molecule has 2 unspecified atom stereocenters. The number of methoxy groups -OCH3 is 1. The molecule has 1 amide bonds. The van der Waals surface area contributed by atoms with Crippen LogP contribution in [0.5, 0.6) is 0 Å². The highest BCUT2D eigenvalue weighted by Gasteiger charge is 2.39. The van der Waals surface area contributed by atoms with Crippen LogP contribution in [0, 0.1) is 11.3 Å². The summed E-state index contributed by atoms with van der Waals surface area (Å²) >= 11 is 7.29. The Morgan fingerprint density at radius 2 is 2.00 bits per heavy atom. The molecule has 0 radical (unpaired) electrons. The van der Waals surface area contributed by atoms with E-state index < -0.39 is 35.4 Å². The molecule has 7 nitrogen and oxygen atoms in total. The van der Waals surface area contributed by atoms with E-state index in [0.29, 0.717) is 6.07 Å². The lowest BCUT2D eigenvalue weighted by atomic mass is 9.88. The third kappa shape index (κ3) is 5.82. The number of halogens is 4. The molecule has 1 heterocycles. The fourth-order valence-electron chi connectivity index (χ4n) is 3.83. The van der Waals surface area contributed by atoms with E-state index in [4.69, 9.17) is 21.4 Å². The zero-order chi connectivity index (χ0) is 27.5. The SMILES string of the molecule is COC1C=CC=CC1(C)N(C)C(=O)c1cc(-c2cnc(C(F)(F)F)cc2C#N)c(Cl)cc1SCC(=O)O. The summed E-state index contributed by atoms with van der Waals surface area (Å²) in [6, 6.07) is 5.02. The van der Waals surface area contributed by atoms with Gasteiger partial charge in [-0.25, -0.2) is 0 Å². The summed E-state index contributed by atoms with van der Waals surface area (Å²) in [5, 5.41) is 18.7. The van der Waals surface area contributed by atoms with Gasteiger partial charge >= 0.3 is 12.1 Å². The Hall–Kier alpha value is -3.33. The van der Waals surface area contributed by atoms with Gasteiger partial charge in [0.25, 0.3) is 5.91 Å². The van der Waals surface area contributed by atoms with Crippen molar-refractivity contribution >= 4 is 35.2 Å². The lowest BCUT2D eigenvalue weighted by Crippen LogP contribution is -2.54. The minimum Gasteiger partial charge on any atom is -0.481 e. The number of rotatable bonds is 7. The minimum absolute atomic E-state index is 0.00605. The summed E-state index contributed by atoms with van der Waals surface area (Å²) in [7, 11) is 3.05. The van der Waals surface area contributed by atoms with Gasteiger partial charge in [-0.05, 0) is 25.1 Å². The Labute approximate surface area is 220 Å². The second-order valence-corrected chi connectivity index (χ2v) is 9.65. The van der Waals surface area contributed by atoms with Crippen molar-refractivity contribution < 1.29 is 32.6 Å². The lowest BCUT2D eigenvalue weighted by Gasteiger charge is -2.42. The maximum absolute atomic E-state index is 13.8. The normalized spacial score (nSPS) is 18.9. The number of thioether (sulfide) groups is 1. The molecule has 3 rings (SSSR count). The van der Waals surface area contributed by atoms with E-state index in [1.54, 1.807) is 44.3 Å². The van der Waals surface area contributed by atoms with Gasteiger partial charge in [-0.1, -0.05) is 35.9 Å². The van der Waals surface area contributed by atoms with Gasteiger partial charge in [0.2, 0.25) is 0 Å². The number of hydrogen-bond donors (Lipinski definition) is 1. The number of carbonyl (C=O) groups is 2. The van der Waals surface area contributed by atoms with Crippen LogP contribution >= 0.6 is 23.4 Å². The zero-order valence-electron chi connectivity index (χ0n) is 19.8. The molecule has 1 N–H and O–H groups in total. The number of carbonyl (C=O) groups excluding carboxylic acids is 1. The van der Waals surface area contributed by atoms with E-state index in [9.17, 15) is 28.0 Å². The van der Waals surface area contributed by atoms with Crippen molar-refractivity contribution in [3.8, 4) is 17.2 Å². The Bertz CT molecular complexity index is 1340. The highest BCUT2D eigenvalue weighted by molar-refractivity contribution is 8.00. The Balaban J connectivity index is 2.17. The average molecular weight is 552 g/mol. The molecule has 1 aromatic carbocycles. The predicted molar refractivity (Wildman–Crippen MR) is 132 cm³/mol. The van der Waals surface area contributed by atoms with Crippen molar-refractivity contribution in [2.75, 3.05) is 19.9 Å². The lowest BCUT2D eigenvalue weighted by molar-refractivity contribution is -0.141. The van der Waals surface area contributed by atoms with Gasteiger partial charge in [0.05, 0.1) is 28.5 Å². The molecule has 37 heavy (non-hydrogen) atoms. The molecular weight excluding hydrogens is 531 g/mol. The monoisotopic (exact) mass is 551 g/mol. The van der Waals surface area contributed by atoms with E-state index in [-0.39, 0.29) is 37.9 Å². The molecule has 0 spiro atoms. The smallest absolute Gasteiger partial charge is 0.433 e. The summed E-state index contributed by atoms with van der Waals surface area (Å²) in [5.74, 6) is -2.01. The van der Waals surface area contributed by atoms with Crippen LogP contribution in [0.3, 0.4) is 0 Å². The van der Waals surface area contributed by atoms with Crippen molar-refractivity contribution in [3.63, 3.8) is 0 Å². The van der Waals surface area contributed by atoms with Gasteiger partial charge in [0.15, 0.2) is 0 Å². The number of allylic oxidation sites excluding steroid dienone is 2. The summed E-state index contributed by atoms with van der Waals surface area (Å²) in [5.41, 5.74) is -2.35. The molecule has 2 aromatic rings. The molecule has 2 atom stereocenters. The largest absolute Gasteiger partial charge is 0.481 e. The molecule has 1 aliphatic carbocycles. The van der Waals surface area contributed by atoms with Crippen LogP contribution in [0.4, 0.5) is 13.2 Å². The predicted octanol–water partition coefficient (Wildman–Crippen LogP) is 5.44. The number of amides is 1. The minimum atomic E-state index is -4.76. The fraction of sp³-hybridized carbons (Fsp3) is 0.280. The van der Waals surface area contributed by atoms with Gasteiger partial charge in [-0.2, -0.15) is 18.4 Å². The van der Waals surface area contributed by atoms with E-state index in [1.807, 2.05) is 0 Å². The van der Waals surface area contributed by atoms with E-state index >= 15 is 0 Å². The van der Waals surface area contributed by atoms with Crippen molar-refractivity contribution in [2.45, 2.75) is 29.6 Å². The molecule has 1 aliphatic rings. The number of hydrogen-bond acceptors (Lipinski definition) is 6. The number of carboxylic acids is 1. The van der Waals surface area contributed by atoms with Crippen LogP contribution in [-0.2, 0) is 15.7 Å². The van der Waals surface area contributed by atoms with Crippen molar-refractivity contribution in [3.05, 3.63) is 70.5 Å². The van der Waals surface area contributed by atoms with Crippen LogP contribution in [0.25, 0.3) is 11.1 Å².